The van der Waals surface area contributed by atoms with Crippen molar-refractivity contribution in [1.29, 1.82) is 0 Å². The topological polar surface area (TPSA) is 73.4 Å². The van der Waals surface area contributed by atoms with Crippen molar-refractivity contribution in [3.63, 3.8) is 0 Å². The maximum atomic E-state index is 12.7. The molecule has 3 aromatic heterocycles. The molecule has 128 valence electrons. The first kappa shape index (κ1) is 15.4. The molecule has 0 aromatic carbocycles. The lowest BCUT2D eigenvalue weighted by atomic mass is 10.1. The van der Waals surface area contributed by atoms with Gasteiger partial charge in [-0.3, -0.25) is 9.78 Å². The molecule has 0 unspecified atom stereocenters. The number of carbonyl (C=O) groups excluding carboxylic acids is 1. The summed E-state index contributed by atoms with van der Waals surface area (Å²) < 4.78 is 13.0. The van der Waals surface area contributed by atoms with E-state index in [9.17, 15) is 4.79 Å². The molecule has 1 amide bonds. The molecular formula is C18H18N4O3. The third-order valence-electron chi connectivity index (χ3n) is 4.24. The molecule has 0 saturated carbocycles. The van der Waals surface area contributed by atoms with E-state index in [0.29, 0.717) is 25.3 Å². The van der Waals surface area contributed by atoms with Crippen LogP contribution in [0.15, 0.2) is 59.9 Å². The van der Waals surface area contributed by atoms with Crippen molar-refractivity contribution in [2.45, 2.75) is 13.1 Å². The molecule has 1 atom stereocenters. The number of rotatable bonds is 4. The molecule has 0 saturated heterocycles. The minimum absolute atomic E-state index is 0.0587. The van der Waals surface area contributed by atoms with Gasteiger partial charge >= 0.3 is 0 Å². The second kappa shape index (κ2) is 6.80. The van der Waals surface area contributed by atoms with Crippen LogP contribution in [0.5, 0.6) is 5.75 Å². The quantitative estimate of drug-likeness (QED) is 0.729. The van der Waals surface area contributed by atoms with Gasteiger partial charge in [-0.1, -0.05) is 0 Å². The largest absolute Gasteiger partial charge is 0.492 e. The van der Waals surface area contributed by atoms with Gasteiger partial charge < -0.3 is 18.6 Å². The van der Waals surface area contributed by atoms with Gasteiger partial charge in [0.25, 0.3) is 5.91 Å². The zero-order valence-electron chi connectivity index (χ0n) is 13.6. The molecule has 25 heavy (non-hydrogen) atoms. The number of carbonyl (C=O) groups is 1. The predicted molar refractivity (Wildman–Crippen MR) is 88.9 cm³/mol. The van der Waals surface area contributed by atoms with Crippen LogP contribution in [0.25, 0.3) is 0 Å². The highest BCUT2D eigenvalue weighted by Crippen LogP contribution is 2.19. The van der Waals surface area contributed by atoms with E-state index in [-0.39, 0.29) is 11.8 Å². The molecule has 0 bridgehead atoms. The van der Waals surface area contributed by atoms with Gasteiger partial charge in [-0.15, -0.1) is 0 Å². The zero-order valence-corrected chi connectivity index (χ0v) is 13.6. The summed E-state index contributed by atoms with van der Waals surface area (Å²) in [7, 11) is 0. The average molecular weight is 338 g/mol. The Balaban J connectivity index is 1.52. The van der Waals surface area contributed by atoms with E-state index >= 15 is 0 Å². The Labute approximate surface area is 144 Å². The summed E-state index contributed by atoms with van der Waals surface area (Å²) in [6.45, 7) is 2.32. The number of imidazole rings is 1. The first-order valence-corrected chi connectivity index (χ1v) is 8.14. The predicted octanol–water partition coefficient (Wildman–Crippen LogP) is 2.22. The second-order valence-electron chi connectivity index (χ2n) is 6.06. The van der Waals surface area contributed by atoms with Crippen molar-refractivity contribution >= 4 is 5.91 Å². The molecule has 4 heterocycles. The molecule has 7 heteroatoms. The van der Waals surface area contributed by atoms with Crippen molar-refractivity contribution < 1.29 is 13.9 Å². The highest BCUT2D eigenvalue weighted by Gasteiger charge is 2.27. The highest BCUT2D eigenvalue weighted by molar-refractivity contribution is 5.93. The molecule has 0 fully saturated rings. The summed E-state index contributed by atoms with van der Waals surface area (Å²) in [5, 5.41) is 0. The molecule has 1 aliphatic heterocycles. The van der Waals surface area contributed by atoms with E-state index in [0.717, 1.165) is 18.1 Å². The van der Waals surface area contributed by atoms with Crippen LogP contribution in [-0.2, 0) is 13.1 Å². The van der Waals surface area contributed by atoms with Gasteiger partial charge in [-0.05, 0) is 18.2 Å². The first-order chi connectivity index (χ1) is 12.3. The van der Waals surface area contributed by atoms with Crippen LogP contribution in [0.1, 0.15) is 16.2 Å². The molecule has 3 aromatic rings. The van der Waals surface area contributed by atoms with Crippen molar-refractivity contribution in [2.24, 2.45) is 5.92 Å². The van der Waals surface area contributed by atoms with Crippen LogP contribution in [-0.4, -0.2) is 38.5 Å². The standard InChI is InChI=1S/C18H18N4O3/c23-18(15-3-7-24-13-15)22-10-14(9-21-6-5-20-17(21)11-22)12-25-16-2-1-4-19-8-16/h1-8,13-14H,9-12H2/t14-/m0/s1. The first-order valence-electron chi connectivity index (χ1n) is 8.14. The average Bonchev–Trinajstić information content (AvgIpc) is 3.29. The highest BCUT2D eigenvalue weighted by atomic mass is 16.5. The van der Waals surface area contributed by atoms with E-state index < -0.39 is 0 Å². The van der Waals surface area contributed by atoms with Crippen LogP contribution in [0.4, 0.5) is 0 Å². The molecule has 0 spiro atoms. The van der Waals surface area contributed by atoms with Crippen LogP contribution in [0, 0.1) is 5.92 Å². The van der Waals surface area contributed by atoms with E-state index in [4.69, 9.17) is 9.15 Å². The number of hydrogen-bond donors (Lipinski definition) is 0. The van der Waals surface area contributed by atoms with Gasteiger partial charge in [0.1, 0.15) is 17.8 Å². The number of hydrogen-bond acceptors (Lipinski definition) is 5. The number of amides is 1. The molecule has 4 rings (SSSR count). The maximum absolute atomic E-state index is 12.7. The Morgan fingerprint density at radius 1 is 1.32 bits per heavy atom. The Morgan fingerprint density at radius 3 is 3.08 bits per heavy atom. The fourth-order valence-corrected chi connectivity index (χ4v) is 3.02. The fraction of sp³-hybridized carbons (Fsp3) is 0.278. The number of fused-ring (bicyclic) bond motifs is 1. The Bertz CT molecular complexity index is 829. The van der Waals surface area contributed by atoms with E-state index in [1.54, 1.807) is 29.6 Å². The van der Waals surface area contributed by atoms with E-state index in [1.807, 2.05) is 18.3 Å². The van der Waals surface area contributed by atoms with Gasteiger partial charge in [0.15, 0.2) is 0 Å². The Morgan fingerprint density at radius 2 is 2.28 bits per heavy atom. The summed E-state index contributed by atoms with van der Waals surface area (Å²) in [6, 6.07) is 5.40. The maximum Gasteiger partial charge on any atom is 0.257 e. The number of pyridine rings is 1. The number of ether oxygens (including phenoxy) is 1. The second-order valence-corrected chi connectivity index (χ2v) is 6.06. The Hall–Kier alpha value is -3.09. The van der Waals surface area contributed by atoms with Crippen LogP contribution >= 0.6 is 0 Å². The van der Waals surface area contributed by atoms with Crippen LogP contribution in [0.2, 0.25) is 0 Å². The van der Waals surface area contributed by atoms with Gasteiger partial charge in [-0.25, -0.2) is 4.98 Å². The number of nitrogens with zero attached hydrogens (tertiary/aromatic N) is 4. The van der Waals surface area contributed by atoms with Gasteiger partial charge in [0, 0.05) is 37.6 Å². The molecule has 0 aliphatic carbocycles. The van der Waals surface area contributed by atoms with Gasteiger partial charge in [-0.2, -0.15) is 0 Å². The smallest absolute Gasteiger partial charge is 0.257 e. The third-order valence-corrected chi connectivity index (χ3v) is 4.24. The monoisotopic (exact) mass is 338 g/mol. The molecule has 1 aliphatic rings. The van der Waals surface area contributed by atoms with Crippen molar-refractivity contribution in [1.82, 2.24) is 19.4 Å². The molecule has 0 N–H and O–H groups in total. The minimum atomic E-state index is -0.0587. The Kier molecular flexibility index (Phi) is 4.20. The summed E-state index contributed by atoms with van der Waals surface area (Å²) in [4.78, 5) is 23.0. The lowest BCUT2D eigenvalue weighted by Crippen LogP contribution is -2.35. The van der Waals surface area contributed by atoms with Crippen molar-refractivity contribution in [3.8, 4) is 5.75 Å². The number of furan rings is 1. The van der Waals surface area contributed by atoms with Gasteiger partial charge in [0.2, 0.25) is 0 Å². The summed E-state index contributed by atoms with van der Waals surface area (Å²) >= 11 is 0. The lowest BCUT2D eigenvalue weighted by molar-refractivity contribution is 0.0699. The molecule has 7 nitrogen and oxygen atoms in total. The van der Waals surface area contributed by atoms with Gasteiger partial charge in [0.05, 0.1) is 31.2 Å². The van der Waals surface area contributed by atoms with Crippen molar-refractivity contribution in [2.75, 3.05) is 13.2 Å². The summed E-state index contributed by atoms with van der Waals surface area (Å²) in [5.74, 6) is 1.69. The SMILES string of the molecule is O=C(c1ccoc1)N1Cc2nccn2C[C@H](COc2cccnc2)C1. The normalized spacial score (nSPS) is 17.0. The van der Waals surface area contributed by atoms with Crippen LogP contribution in [0.3, 0.4) is 0 Å². The summed E-state index contributed by atoms with van der Waals surface area (Å²) in [6.07, 6.45) is 10.1. The van der Waals surface area contributed by atoms with E-state index in [1.165, 1.54) is 12.5 Å². The lowest BCUT2D eigenvalue weighted by Gasteiger charge is -2.23. The third kappa shape index (κ3) is 3.40. The van der Waals surface area contributed by atoms with Crippen LogP contribution < -0.4 is 4.74 Å². The molecule has 0 radical (unpaired) electrons. The van der Waals surface area contributed by atoms with E-state index in [2.05, 4.69) is 14.5 Å². The number of aromatic nitrogens is 3. The van der Waals surface area contributed by atoms with Crippen molar-refractivity contribution in [3.05, 3.63) is 66.9 Å². The molecular weight excluding hydrogens is 320 g/mol. The fourth-order valence-electron chi connectivity index (χ4n) is 3.02. The minimum Gasteiger partial charge on any atom is -0.492 e. The summed E-state index contributed by atoms with van der Waals surface area (Å²) in [5.41, 5.74) is 0.548. The zero-order chi connectivity index (χ0) is 17.1.